The SMILES string of the molecule is COC1CCCC(OCC(=O)c2ccc(C)s2)C1. The summed E-state index contributed by atoms with van der Waals surface area (Å²) in [5, 5.41) is 0. The Morgan fingerprint density at radius 1 is 1.39 bits per heavy atom. The summed E-state index contributed by atoms with van der Waals surface area (Å²) in [6, 6.07) is 3.85. The number of hydrogen-bond donors (Lipinski definition) is 0. The van der Waals surface area contributed by atoms with E-state index in [1.807, 2.05) is 19.1 Å². The standard InChI is InChI=1S/C14H20O3S/c1-10-6-7-14(18-10)13(15)9-17-12-5-3-4-11(8-12)16-2/h6-7,11-12H,3-5,8-9H2,1-2H3. The number of ketones is 1. The highest BCUT2D eigenvalue weighted by Gasteiger charge is 2.23. The van der Waals surface area contributed by atoms with Gasteiger partial charge in [0.2, 0.25) is 0 Å². The Bertz CT molecular complexity index is 399. The van der Waals surface area contributed by atoms with Gasteiger partial charge in [0.1, 0.15) is 6.61 Å². The second-order valence-electron chi connectivity index (χ2n) is 4.79. The Hall–Kier alpha value is -0.710. The lowest BCUT2D eigenvalue weighted by Gasteiger charge is -2.27. The van der Waals surface area contributed by atoms with Gasteiger partial charge in [-0.1, -0.05) is 0 Å². The third-order valence-corrected chi connectivity index (χ3v) is 4.42. The molecular weight excluding hydrogens is 248 g/mol. The zero-order valence-corrected chi connectivity index (χ0v) is 11.8. The van der Waals surface area contributed by atoms with Crippen molar-refractivity contribution in [1.82, 2.24) is 0 Å². The van der Waals surface area contributed by atoms with Crippen LogP contribution in [0.25, 0.3) is 0 Å². The quantitative estimate of drug-likeness (QED) is 0.769. The molecule has 1 aliphatic carbocycles. The molecule has 3 nitrogen and oxygen atoms in total. The lowest BCUT2D eigenvalue weighted by Crippen LogP contribution is -2.29. The van der Waals surface area contributed by atoms with Crippen LogP contribution in [0.1, 0.15) is 40.2 Å². The Balaban J connectivity index is 1.79. The van der Waals surface area contributed by atoms with E-state index >= 15 is 0 Å². The molecule has 0 spiro atoms. The van der Waals surface area contributed by atoms with Gasteiger partial charge in [-0.25, -0.2) is 0 Å². The van der Waals surface area contributed by atoms with E-state index in [1.54, 1.807) is 7.11 Å². The zero-order chi connectivity index (χ0) is 13.0. The molecule has 1 aromatic rings. The monoisotopic (exact) mass is 268 g/mol. The van der Waals surface area contributed by atoms with Crippen molar-refractivity contribution < 1.29 is 14.3 Å². The predicted octanol–water partition coefficient (Wildman–Crippen LogP) is 3.21. The van der Waals surface area contributed by atoms with Crippen LogP contribution >= 0.6 is 11.3 Å². The summed E-state index contributed by atoms with van der Waals surface area (Å²) >= 11 is 1.53. The number of rotatable bonds is 5. The number of thiophene rings is 1. The average Bonchev–Trinajstić information content (AvgIpc) is 2.83. The van der Waals surface area contributed by atoms with E-state index in [-0.39, 0.29) is 18.5 Å². The second kappa shape index (κ2) is 6.45. The van der Waals surface area contributed by atoms with E-state index in [1.165, 1.54) is 11.3 Å². The van der Waals surface area contributed by atoms with Crippen molar-refractivity contribution >= 4 is 17.1 Å². The Morgan fingerprint density at radius 3 is 2.83 bits per heavy atom. The summed E-state index contributed by atoms with van der Waals surface area (Å²) in [7, 11) is 1.74. The molecule has 0 bridgehead atoms. The third kappa shape index (κ3) is 3.64. The smallest absolute Gasteiger partial charge is 0.198 e. The molecular formula is C14H20O3S. The van der Waals surface area contributed by atoms with Crippen molar-refractivity contribution in [2.45, 2.75) is 44.8 Å². The molecule has 1 aromatic heterocycles. The lowest BCUT2D eigenvalue weighted by atomic mass is 9.95. The number of hydrogen-bond acceptors (Lipinski definition) is 4. The van der Waals surface area contributed by atoms with Crippen LogP contribution in [0, 0.1) is 6.92 Å². The summed E-state index contributed by atoms with van der Waals surface area (Å²) in [4.78, 5) is 13.9. The maximum absolute atomic E-state index is 11.9. The minimum atomic E-state index is 0.0904. The van der Waals surface area contributed by atoms with Crippen molar-refractivity contribution in [3.8, 4) is 0 Å². The molecule has 0 N–H and O–H groups in total. The first-order chi connectivity index (χ1) is 8.69. The number of ether oxygens (including phenoxy) is 2. The van der Waals surface area contributed by atoms with Gasteiger partial charge in [-0.3, -0.25) is 4.79 Å². The fraction of sp³-hybridized carbons (Fsp3) is 0.643. The largest absolute Gasteiger partial charge is 0.381 e. The molecule has 2 atom stereocenters. The molecule has 1 fully saturated rings. The van der Waals surface area contributed by atoms with Gasteiger partial charge in [0.15, 0.2) is 5.78 Å². The fourth-order valence-corrected chi connectivity index (χ4v) is 3.11. The van der Waals surface area contributed by atoms with Gasteiger partial charge in [0, 0.05) is 12.0 Å². The van der Waals surface area contributed by atoms with E-state index < -0.39 is 0 Å². The van der Waals surface area contributed by atoms with E-state index in [0.717, 1.165) is 35.4 Å². The summed E-state index contributed by atoms with van der Waals surface area (Å²) in [6.07, 6.45) is 4.64. The van der Waals surface area contributed by atoms with E-state index in [0.29, 0.717) is 6.10 Å². The number of carbonyl (C=O) groups is 1. The van der Waals surface area contributed by atoms with Crippen LogP contribution < -0.4 is 0 Å². The molecule has 2 unspecified atom stereocenters. The first-order valence-corrected chi connectivity index (χ1v) is 7.24. The molecule has 1 heterocycles. The van der Waals surface area contributed by atoms with Crippen LogP contribution in [0.3, 0.4) is 0 Å². The van der Waals surface area contributed by atoms with E-state index in [2.05, 4.69) is 0 Å². The Kier molecular flexibility index (Phi) is 4.92. The van der Waals surface area contributed by atoms with Gasteiger partial charge in [-0.2, -0.15) is 0 Å². The average molecular weight is 268 g/mol. The van der Waals surface area contributed by atoms with Gasteiger partial charge >= 0.3 is 0 Å². The van der Waals surface area contributed by atoms with Gasteiger partial charge in [-0.05, 0) is 44.7 Å². The van der Waals surface area contributed by atoms with Crippen molar-refractivity contribution in [2.24, 2.45) is 0 Å². The van der Waals surface area contributed by atoms with Gasteiger partial charge < -0.3 is 9.47 Å². The molecule has 100 valence electrons. The molecule has 4 heteroatoms. The molecule has 0 saturated heterocycles. The Morgan fingerprint density at radius 2 is 2.17 bits per heavy atom. The first kappa shape index (κ1) is 13.7. The highest BCUT2D eigenvalue weighted by atomic mass is 32.1. The second-order valence-corrected chi connectivity index (χ2v) is 6.08. The van der Waals surface area contributed by atoms with Gasteiger partial charge in [0.25, 0.3) is 0 Å². The van der Waals surface area contributed by atoms with E-state index in [4.69, 9.17) is 9.47 Å². The maximum Gasteiger partial charge on any atom is 0.198 e. The van der Waals surface area contributed by atoms with Crippen LogP contribution in [0.15, 0.2) is 12.1 Å². The van der Waals surface area contributed by atoms with Crippen molar-refractivity contribution in [2.75, 3.05) is 13.7 Å². The lowest BCUT2D eigenvalue weighted by molar-refractivity contribution is -0.0242. The Labute approximate surface area is 112 Å². The van der Waals surface area contributed by atoms with Crippen LogP contribution in [0.2, 0.25) is 0 Å². The first-order valence-electron chi connectivity index (χ1n) is 6.43. The highest BCUT2D eigenvalue weighted by molar-refractivity contribution is 7.14. The molecule has 0 aliphatic heterocycles. The number of methoxy groups -OCH3 is 1. The van der Waals surface area contributed by atoms with Crippen LogP contribution in [0.4, 0.5) is 0 Å². The van der Waals surface area contributed by atoms with E-state index in [9.17, 15) is 4.79 Å². The van der Waals surface area contributed by atoms with Crippen molar-refractivity contribution in [3.05, 3.63) is 21.9 Å². The molecule has 0 aromatic carbocycles. The predicted molar refractivity (Wildman–Crippen MR) is 72.4 cm³/mol. The topological polar surface area (TPSA) is 35.5 Å². The zero-order valence-electron chi connectivity index (χ0n) is 11.0. The number of carbonyl (C=O) groups excluding carboxylic acids is 1. The molecule has 0 amide bonds. The van der Waals surface area contributed by atoms with Crippen LogP contribution in [0.5, 0.6) is 0 Å². The third-order valence-electron chi connectivity index (χ3n) is 3.38. The number of Topliss-reactive ketones (excluding diaryl/α,β-unsaturated/α-hetero) is 1. The highest BCUT2D eigenvalue weighted by Crippen LogP contribution is 2.23. The maximum atomic E-state index is 11.9. The number of aryl methyl sites for hydroxylation is 1. The minimum absolute atomic E-state index is 0.0904. The molecule has 18 heavy (non-hydrogen) atoms. The molecule has 1 aliphatic rings. The molecule has 0 radical (unpaired) electrons. The minimum Gasteiger partial charge on any atom is -0.381 e. The van der Waals surface area contributed by atoms with Crippen molar-refractivity contribution in [1.29, 1.82) is 0 Å². The summed E-state index contributed by atoms with van der Waals surface area (Å²) in [5.41, 5.74) is 0. The summed E-state index contributed by atoms with van der Waals surface area (Å²) in [5.74, 6) is 0.0904. The summed E-state index contributed by atoms with van der Waals surface area (Å²) in [6.45, 7) is 2.20. The van der Waals surface area contributed by atoms with Gasteiger partial charge in [0.05, 0.1) is 17.1 Å². The normalized spacial score (nSPS) is 24.1. The molecule has 2 rings (SSSR count). The summed E-state index contributed by atoms with van der Waals surface area (Å²) < 4.78 is 11.1. The van der Waals surface area contributed by atoms with Gasteiger partial charge in [-0.15, -0.1) is 11.3 Å². The van der Waals surface area contributed by atoms with Crippen molar-refractivity contribution in [3.63, 3.8) is 0 Å². The van der Waals surface area contributed by atoms with Crippen LogP contribution in [-0.2, 0) is 9.47 Å². The molecule has 1 saturated carbocycles. The van der Waals surface area contributed by atoms with Crippen LogP contribution in [-0.4, -0.2) is 31.7 Å². The fourth-order valence-electron chi connectivity index (χ4n) is 2.32.